The number of hydrogen-bond acceptors (Lipinski definition) is 5. The summed E-state index contributed by atoms with van der Waals surface area (Å²) in [5, 5.41) is 15.5. The van der Waals surface area contributed by atoms with Crippen molar-refractivity contribution in [2.45, 2.75) is 28.8 Å². The van der Waals surface area contributed by atoms with E-state index in [0.717, 1.165) is 17.8 Å². The molecule has 0 radical (unpaired) electrons. The molecule has 0 saturated heterocycles. The highest BCUT2D eigenvalue weighted by atomic mass is 32.2. The first-order chi connectivity index (χ1) is 10.7. The van der Waals surface area contributed by atoms with Gasteiger partial charge in [-0.3, -0.25) is 0 Å². The van der Waals surface area contributed by atoms with E-state index >= 15 is 0 Å². The lowest BCUT2D eigenvalue weighted by molar-refractivity contribution is 0.304. The van der Waals surface area contributed by atoms with Crippen LogP contribution in [0, 0.1) is 0 Å². The Bertz CT molecular complexity index is 611. The van der Waals surface area contributed by atoms with Crippen molar-refractivity contribution in [3.8, 4) is 0 Å². The van der Waals surface area contributed by atoms with Crippen molar-refractivity contribution in [2.24, 2.45) is 0 Å². The number of aliphatic hydroxyl groups excluding tert-OH is 1. The molecule has 0 fully saturated rings. The Morgan fingerprint density at radius 3 is 2.77 bits per heavy atom. The minimum Gasteiger partial charge on any atom is -0.395 e. The van der Waals surface area contributed by atoms with Gasteiger partial charge in [-0.2, -0.15) is 0 Å². The lowest BCUT2D eigenvalue weighted by atomic mass is 10.0. The third kappa shape index (κ3) is 3.42. The van der Waals surface area contributed by atoms with Crippen molar-refractivity contribution in [2.75, 3.05) is 30.4 Å². The fourth-order valence-electron chi connectivity index (χ4n) is 2.78. The van der Waals surface area contributed by atoms with Crippen LogP contribution in [0.2, 0.25) is 0 Å². The molecule has 0 aliphatic carbocycles. The number of aliphatic hydroxyl groups is 1. The van der Waals surface area contributed by atoms with E-state index in [4.69, 9.17) is 5.11 Å². The summed E-state index contributed by atoms with van der Waals surface area (Å²) in [6, 6.07) is 11.1. The van der Waals surface area contributed by atoms with Crippen LogP contribution in [0.5, 0.6) is 0 Å². The standard InChI is InChI=1S/C17H22N2OS2/c1-12-11-16(15-7-10-21-17(15)22-12)18-13-3-5-14(6-4-13)19(2)8-9-20/h3-7,10,12,16,18,20H,8-9,11H2,1-2H3/t12-,16?/m0/s1. The van der Waals surface area contributed by atoms with Crippen molar-refractivity contribution < 1.29 is 5.11 Å². The monoisotopic (exact) mass is 334 g/mol. The second-order valence-electron chi connectivity index (χ2n) is 5.72. The molecule has 2 atom stereocenters. The molecule has 1 aromatic heterocycles. The fourth-order valence-corrected chi connectivity index (χ4v) is 5.35. The zero-order chi connectivity index (χ0) is 15.5. The topological polar surface area (TPSA) is 35.5 Å². The molecule has 1 aliphatic heterocycles. The van der Waals surface area contributed by atoms with Crippen LogP contribution in [0.25, 0.3) is 0 Å². The summed E-state index contributed by atoms with van der Waals surface area (Å²) in [5.41, 5.74) is 3.72. The number of likely N-dealkylation sites (N-methyl/N-ethyl adjacent to an activating group) is 1. The van der Waals surface area contributed by atoms with Gasteiger partial charge in [-0.15, -0.1) is 23.1 Å². The van der Waals surface area contributed by atoms with E-state index < -0.39 is 0 Å². The van der Waals surface area contributed by atoms with Gasteiger partial charge in [-0.1, -0.05) is 6.92 Å². The smallest absolute Gasteiger partial charge is 0.0653 e. The number of nitrogens with zero attached hydrogens (tertiary/aromatic N) is 1. The zero-order valence-electron chi connectivity index (χ0n) is 13.0. The third-order valence-electron chi connectivity index (χ3n) is 3.99. The molecule has 1 aliphatic rings. The average molecular weight is 335 g/mol. The van der Waals surface area contributed by atoms with Crippen molar-refractivity contribution >= 4 is 34.5 Å². The number of fused-ring (bicyclic) bond motifs is 1. The normalized spacial score (nSPS) is 20.5. The van der Waals surface area contributed by atoms with E-state index in [9.17, 15) is 0 Å². The molecule has 2 aromatic rings. The minimum atomic E-state index is 0.176. The van der Waals surface area contributed by atoms with Crippen LogP contribution in [-0.4, -0.2) is 30.6 Å². The summed E-state index contributed by atoms with van der Waals surface area (Å²) >= 11 is 3.84. The van der Waals surface area contributed by atoms with Gasteiger partial charge in [-0.05, 0) is 47.7 Å². The van der Waals surface area contributed by atoms with E-state index in [0.29, 0.717) is 17.8 Å². The van der Waals surface area contributed by atoms with Gasteiger partial charge in [0.25, 0.3) is 0 Å². The zero-order valence-corrected chi connectivity index (χ0v) is 14.6. The number of rotatable bonds is 5. The summed E-state index contributed by atoms with van der Waals surface area (Å²) in [6.45, 7) is 3.13. The summed E-state index contributed by atoms with van der Waals surface area (Å²) in [6.07, 6.45) is 1.15. The van der Waals surface area contributed by atoms with Crippen LogP contribution in [0.3, 0.4) is 0 Å². The van der Waals surface area contributed by atoms with Gasteiger partial charge in [-0.25, -0.2) is 0 Å². The highest BCUT2D eigenvalue weighted by Crippen LogP contribution is 2.44. The van der Waals surface area contributed by atoms with Gasteiger partial charge < -0.3 is 15.3 Å². The first-order valence-electron chi connectivity index (χ1n) is 7.60. The van der Waals surface area contributed by atoms with Gasteiger partial charge >= 0.3 is 0 Å². The molecule has 0 spiro atoms. The molecule has 0 bridgehead atoms. The third-order valence-corrected chi connectivity index (χ3v) is 6.34. The van der Waals surface area contributed by atoms with Crippen LogP contribution in [0.1, 0.15) is 24.9 Å². The van der Waals surface area contributed by atoms with Crippen LogP contribution in [-0.2, 0) is 0 Å². The highest BCUT2D eigenvalue weighted by molar-refractivity contribution is 8.01. The van der Waals surface area contributed by atoms with Crippen molar-refractivity contribution in [1.29, 1.82) is 0 Å². The molecule has 118 valence electrons. The maximum atomic E-state index is 9.01. The number of benzene rings is 1. The van der Waals surface area contributed by atoms with Crippen LogP contribution in [0.4, 0.5) is 11.4 Å². The Kier molecular flexibility index (Phi) is 4.96. The van der Waals surface area contributed by atoms with E-state index in [1.165, 1.54) is 9.77 Å². The Labute approximate surface area is 140 Å². The van der Waals surface area contributed by atoms with Crippen molar-refractivity contribution in [3.05, 3.63) is 41.3 Å². The molecule has 3 rings (SSSR count). The molecule has 22 heavy (non-hydrogen) atoms. The Morgan fingerprint density at radius 1 is 1.27 bits per heavy atom. The van der Waals surface area contributed by atoms with Crippen molar-refractivity contribution in [3.63, 3.8) is 0 Å². The molecule has 2 heterocycles. The molecule has 0 saturated carbocycles. The molecule has 3 nitrogen and oxygen atoms in total. The predicted molar refractivity (Wildman–Crippen MR) is 97.4 cm³/mol. The lowest BCUT2D eigenvalue weighted by Crippen LogP contribution is -2.21. The Balaban J connectivity index is 1.72. The number of nitrogens with one attached hydrogen (secondary N) is 1. The van der Waals surface area contributed by atoms with Gasteiger partial charge in [0.05, 0.1) is 16.9 Å². The number of anilines is 2. The maximum absolute atomic E-state index is 9.01. The first kappa shape index (κ1) is 15.7. The number of thiophene rings is 1. The molecule has 2 N–H and O–H groups in total. The highest BCUT2D eigenvalue weighted by Gasteiger charge is 2.26. The first-order valence-corrected chi connectivity index (χ1v) is 9.36. The Hall–Kier alpha value is -1.17. The summed E-state index contributed by atoms with van der Waals surface area (Å²) < 4.78 is 1.45. The minimum absolute atomic E-state index is 0.176. The molecule has 5 heteroatoms. The van der Waals surface area contributed by atoms with E-state index in [2.05, 4.69) is 52.9 Å². The molecular formula is C17H22N2OS2. The van der Waals surface area contributed by atoms with Gasteiger partial charge in [0.15, 0.2) is 0 Å². The van der Waals surface area contributed by atoms with Crippen molar-refractivity contribution in [1.82, 2.24) is 0 Å². The van der Waals surface area contributed by atoms with Crippen LogP contribution >= 0.6 is 23.1 Å². The quantitative estimate of drug-likeness (QED) is 0.858. The summed E-state index contributed by atoms with van der Waals surface area (Å²) in [7, 11) is 2.00. The molecular weight excluding hydrogens is 312 g/mol. The Morgan fingerprint density at radius 2 is 2.05 bits per heavy atom. The average Bonchev–Trinajstić information content (AvgIpc) is 2.96. The lowest BCUT2D eigenvalue weighted by Gasteiger charge is -2.28. The largest absolute Gasteiger partial charge is 0.395 e. The predicted octanol–water partition coefficient (Wildman–Crippen LogP) is 4.21. The van der Waals surface area contributed by atoms with Crippen LogP contribution < -0.4 is 10.2 Å². The number of thioether (sulfide) groups is 1. The molecule has 1 aromatic carbocycles. The summed E-state index contributed by atoms with van der Waals surface area (Å²) in [5.74, 6) is 0. The van der Waals surface area contributed by atoms with E-state index in [-0.39, 0.29) is 6.61 Å². The van der Waals surface area contributed by atoms with E-state index in [1.54, 1.807) is 0 Å². The van der Waals surface area contributed by atoms with Gasteiger partial charge in [0.2, 0.25) is 0 Å². The SMILES string of the molecule is C[C@H]1CC(Nc2ccc(N(C)CCO)cc2)c2ccsc2S1. The molecule has 0 amide bonds. The second-order valence-corrected chi connectivity index (χ2v) is 8.34. The summed E-state index contributed by atoms with van der Waals surface area (Å²) in [4.78, 5) is 2.06. The van der Waals surface area contributed by atoms with E-state index in [1.807, 2.05) is 30.1 Å². The molecule has 1 unspecified atom stereocenters. The number of hydrogen-bond donors (Lipinski definition) is 2. The fraction of sp³-hybridized carbons (Fsp3) is 0.412. The van der Waals surface area contributed by atoms with Gasteiger partial charge in [0, 0.05) is 30.2 Å². The van der Waals surface area contributed by atoms with Gasteiger partial charge in [0.1, 0.15) is 0 Å². The second kappa shape index (κ2) is 6.94. The van der Waals surface area contributed by atoms with Crippen LogP contribution in [0.15, 0.2) is 39.9 Å². The maximum Gasteiger partial charge on any atom is 0.0653 e.